The molecule has 0 saturated carbocycles. The monoisotopic (exact) mass is 285 g/mol. The van der Waals surface area contributed by atoms with Crippen molar-refractivity contribution in [2.75, 3.05) is 5.32 Å². The predicted octanol–water partition coefficient (Wildman–Crippen LogP) is 5.25. The molecule has 0 bridgehead atoms. The van der Waals surface area contributed by atoms with Gasteiger partial charge in [0.15, 0.2) is 0 Å². The summed E-state index contributed by atoms with van der Waals surface area (Å²) in [4.78, 5) is 0. The van der Waals surface area contributed by atoms with E-state index in [1.165, 1.54) is 27.6 Å². The summed E-state index contributed by atoms with van der Waals surface area (Å²) in [7, 11) is 0. The first kappa shape index (κ1) is 13.1. The van der Waals surface area contributed by atoms with Crippen molar-refractivity contribution in [2.45, 2.75) is 13.0 Å². The van der Waals surface area contributed by atoms with Gasteiger partial charge in [-0.05, 0) is 41.0 Å². The van der Waals surface area contributed by atoms with Crippen LogP contribution in [0.15, 0.2) is 90.1 Å². The van der Waals surface area contributed by atoms with Gasteiger partial charge in [0.2, 0.25) is 0 Å². The van der Waals surface area contributed by atoms with Crippen molar-refractivity contribution < 1.29 is 0 Å². The molecule has 2 atom stereocenters. The van der Waals surface area contributed by atoms with Gasteiger partial charge in [0.05, 0.1) is 6.04 Å². The second-order valence-electron chi connectivity index (χ2n) is 6.00. The molecule has 2 aliphatic rings. The summed E-state index contributed by atoms with van der Waals surface area (Å²) in [5.41, 5.74) is 3.96. The topological polar surface area (TPSA) is 12.0 Å². The van der Waals surface area contributed by atoms with Crippen LogP contribution in [0, 0.1) is 5.92 Å². The number of nitrogens with one attached hydrogen (secondary N) is 1. The van der Waals surface area contributed by atoms with Gasteiger partial charge in [0.25, 0.3) is 0 Å². The highest BCUT2D eigenvalue weighted by Gasteiger charge is 2.24. The van der Waals surface area contributed by atoms with Crippen molar-refractivity contribution in [1.29, 1.82) is 0 Å². The fraction of sp³-hybridized carbons (Fsp3) is 0.143. The number of rotatable bonds is 2. The summed E-state index contributed by atoms with van der Waals surface area (Å²) >= 11 is 0. The number of fused-ring (bicyclic) bond motifs is 2. The van der Waals surface area contributed by atoms with Gasteiger partial charge >= 0.3 is 0 Å². The van der Waals surface area contributed by atoms with E-state index in [0.29, 0.717) is 12.0 Å². The summed E-state index contributed by atoms with van der Waals surface area (Å²) in [5.74, 6) is 0.418. The molecular formula is C21H19N. The molecule has 0 amide bonds. The van der Waals surface area contributed by atoms with Crippen molar-refractivity contribution in [3.05, 3.63) is 90.1 Å². The van der Waals surface area contributed by atoms with Crippen molar-refractivity contribution >= 4 is 16.5 Å². The third-order valence-corrected chi connectivity index (χ3v) is 4.54. The van der Waals surface area contributed by atoms with Gasteiger partial charge in [0.1, 0.15) is 0 Å². The van der Waals surface area contributed by atoms with Crippen LogP contribution in [0.2, 0.25) is 0 Å². The summed E-state index contributed by atoms with van der Waals surface area (Å²) in [6.45, 7) is 2.19. The van der Waals surface area contributed by atoms with Crippen molar-refractivity contribution in [3.63, 3.8) is 0 Å². The zero-order valence-corrected chi connectivity index (χ0v) is 12.7. The first-order valence-electron chi connectivity index (χ1n) is 7.80. The Bertz CT molecular complexity index is 836. The van der Waals surface area contributed by atoms with E-state index >= 15 is 0 Å². The number of hydrogen-bond acceptors (Lipinski definition) is 1. The first-order valence-corrected chi connectivity index (χ1v) is 7.80. The summed E-state index contributed by atoms with van der Waals surface area (Å²) in [6, 6.07) is 15.4. The van der Waals surface area contributed by atoms with Crippen LogP contribution in [0.3, 0.4) is 0 Å². The van der Waals surface area contributed by atoms with Crippen molar-refractivity contribution in [3.8, 4) is 0 Å². The molecule has 4 rings (SSSR count). The maximum absolute atomic E-state index is 3.69. The van der Waals surface area contributed by atoms with Crippen LogP contribution < -0.4 is 5.32 Å². The Hall–Kier alpha value is -2.54. The van der Waals surface area contributed by atoms with Crippen molar-refractivity contribution in [2.24, 2.45) is 5.92 Å². The number of benzene rings is 2. The van der Waals surface area contributed by atoms with Gasteiger partial charge in [-0.25, -0.2) is 0 Å². The van der Waals surface area contributed by atoms with Crippen LogP contribution in [0.5, 0.6) is 0 Å². The van der Waals surface area contributed by atoms with Crippen LogP contribution in [0.1, 0.15) is 6.92 Å². The average Bonchev–Trinajstić information content (AvgIpc) is 2.58. The van der Waals surface area contributed by atoms with Gasteiger partial charge < -0.3 is 5.32 Å². The minimum Gasteiger partial charge on any atom is -0.378 e. The molecule has 2 unspecified atom stereocenters. The van der Waals surface area contributed by atoms with E-state index in [0.717, 1.165) is 0 Å². The molecule has 108 valence electrons. The highest BCUT2D eigenvalue weighted by Crippen LogP contribution is 2.32. The molecule has 0 fully saturated rings. The van der Waals surface area contributed by atoms with Crippen LogP contribution >= 0.6 is 0 Å². The minimum atomic E-state index is 0.307. The largest absolute Gasteiger partial charge is 0.378 e. The van der Waals surface area contributed by atoms with E-state index in [9.17, 15) is 0 Å². The normalized spacial score (nSPS) is 23.0. The lowest BCUT2D eigenvalue weighted by molar-refractivity contribution is 0.688. The number of anilines is 1. The van der Waals surface area contributed by atoms with E-state index < -0.39 is 0 Å². The SMILES string of the molecule is CC1=C2C=CC=CC2C(Nc2ccc3ccccc3c2)C=C1. The fourth-order valence-electron chi connectivity index (χ4n) is 3.34. The molecule has 0 radical (unpaired) electrons. The molecule has 0 spiro atoms. The van der Waals surface area contributed by atoms with E-state index in [1.807, 2.05) is 0 Å². The zero-order valence-electron chi connectivity index (χ0n) is 12.7. The standard InChI is InChI=1S/C21H19N/c1-15-10-13-21(20-9-5-4-8-19(15)20)22-18-12-11-16-6-2-3-7-17(16)14-18/h2-14,20-22H,1H3. The van der Waals surface area contributed by atoms with Gasteiger partial charge in [-0.15, -0.1) is 0 Å². The van der Waals surface area contributed by atoms with Crippen LogP contribution in [0.4, 0.5) is 5.69 Å². The smallest absolute Gasteiger partial charge is 0.0551 e. The average molecular weight is 285 g/mol. The second kappa shape index (κ2) is 5.34. The molecule has 2 aromatic rings. The minimum absolute atomic E-state index is 0.307. The van der Waals surface area contributed by atoms with E-state index in [4.69, 9.17) is 0 Å². The Morgan fingerprint density at radius 1 is 0.864 bits per heavy atom. The molecular weight excluding hydrogens is 266 g/mol. The lowest BCUT2D eigenvalue weighted by atomic mass is 9.81. The van der Waals surface area contributed by atoms with Gasteiger partial charge in [0, 0.05) is 11.6 Å². The Morgan fingerprint density at radius 2 is 1.73 bits per heavy atom. The highest BCUT2D eigenvalue weighted by atomic mass is 14.9. The summed E-state index contributed by atoms with van der Waals surface area (Å²) in [5, 5.41) is 6.24. The van der Waals surface area contributed by atoms with Crippen LogP contribution in [-0.4, -0.2) is 6.04 Å². The van der Waals surface area contributed by atoms with E-state index in [-0.39, 0.29) is 0 Å². The molecule has 2 aliphatic carbocycles. The zero-order chi connectivity index (χ0) is 14.9. The van der Waals surface area contributed by atoms with Crippen LogP contribution in [-0.2, 0) is 0 Å². The molecule has 2 aromatic carbocycles. The van der Waals surface area contributed by atoms with Crippen molar-refractivity contribution in [1.82, 2.24) is 0 Å². The molecule has 0 heterocycles. The third-order valence-electron chi connectivity index (χ3n) is 4.54. The third kappa shape index (κ3) is 2.29. The van der Waals surface area contributed by atoms with Crippen LogP contribution in [0.25, 0.3) is 10.8 Å². The maximum Gasteiger partial charge on any atom is 0.0551 e. The van der Waals surface area contributed by atoms with Gasteiger partial charge in [-0.1, -0.05) is 66.8 Å². The Labute approximate surface area is 131 Å². The maximum atomic E-state index is 3.69. The second-order valence-corrected chi connectivity index (χ2v) is 6.00. The number of hydrogen-bond donors (Lipinski definition) is 1. The molecule has 1 N–H and O–H groups in total. The Balaban J connectivity index is 1.64. The molecule has 0 saturated heterocycles. The number of allylic oxidation sites excluding steroid dienone is 5. The molecule has 22 heavy (non-hydrogen) atoms. The predicted molar refractivity (Wildman–Crippen MR) is 95.0 cm³/mol. The molecule has 0 aliphatic heterocycles. The summed E-state index contributed by atoms with van der Waals surface area (Å²) < 4.78 is 0. The Morgan fingerprint density at radius 3 is 2.64 bits per heavy atom. The lowest BCUT2D eigenvalue weighted by Crippen LogP contribution is -2.30. The van der Waals surface area contributed by atoms with Gasteiger partial charge in [-0.3, -0.25) is 0 Å². The van der Waals surface area contributed by atoms with Gasteiger partial charge in [-0.2, -0.15) is 0 Å². The highest BCUT2D eigenvalue weighted by molar-refractivity contribution is 5.85. The fourth-order valence-corrected chi connectivity index (χ4v) is 3.34. The first-order chi connectivity index (χ1) is 10.8. The molecule has 1 heteroatoms. The lowest BCUT2D eigenvalue weighted by Gasteiger charge is -2.31. The molecule has 1 nitrogen and oxygen atoms in total. The molecule has 0 aromatic heterocycles. The summed E-state index contributed by atoms with van der Waals surface area (Å²) in [6.07, 6.45) is 13.3. The quantitative estimate of drug-likeness (QED) is 0.794. The van der Waals surface area contributed by atoms with E-state index in [2.05, 4.69) is 91.2 Å². The van der Waals surface area contributed by atoms with E-state index in [1.54, 1.807) is 0 Å². The Kier molecular flexibility index (Phi) is 3.19.